The second-order valence-corrected chi connectivity index (χ2v) is 6.43. The van der Waals surface area contributed by atoms with E-state index >= 15 is 0 Å². The Labute approximate surface area is 118 Å². The fourth-order valence-corrected chi connectivity index (χ4v) is 2.69. The van der Waals surface area contributed by atoms with E-state index in [-0.39, 0.29) is 10.5 Å². The topological polar surface area (TPSA) is 122 Å². The van der Waals surface area contributed by atoms with Crippen LogP contribution in [0.3, 0.4) is 0 Å². The van der Waals surface area contributed by atoms with Crippen molar-refractivity contribution in [3.63, 3.8) is 0 Å². The fourth-order valence-electron chi connectivity index (χ4n) is 1.59. The van der Waals surface area contributed by atoms with Crippen LogP contribution >= 0.6 is 0 Å². The zero-order valence-corrected chi connectivity index (χ0v) is 12.3. The first-order valence-corrected chi connectivity index (χ1v) is 8.30. The number of hydrogen-bond acceptors (Lipinski definition) is 6. The van der Waals surface area contributed by atoms with Gasteiger partial charge in [-0.05, 0) is 23.6 Å². The molecule has 0 aromatic heterocycles. The standard InChI is InChI=1S/C10H14N2O6S2/c1-11-9(10(13)18-12-19(14)15)7-5-3-4-6-8(7)20(2,16)17/h3-6,9,11-12H,1-2H3,(H,14,15). The smallest absolute Gasteiger partial charge is 0.347 e. The summed E-state index contributed by atoms with van der Waals surface area (Å²) in [4.78, 5) is 17.7. The zero-order valence-electron chi connectivity index (χ0n) is 10.7. The molecule has 0 aliphatic rings. The average Bonchev–Trinajstić information content (AvgIpc) is 2.36. The van der Waals surface area contributed by atoms with Crippen LogP contribution < -0.4 is 10.2 Å². The van der Waals surface area contributed by atoms with Crippen molar-refractivity contribution in [1.29, 1.82) is 0 Å². The molecule has 0 heterocycles. The van der Waals surface area contributed by atoms with Crippen LogP contribution in [0.25, 0.3) is 0 Å². The lowest BCUT2D eigenvalue weighted by Gasteiger charge is -2.17. The molecule has 1 aromatic carbocycles. The van der Waals surface area contributed by atoms with Gasteiger partial charge in [-0.25, -0.2) is 17.4 Å². The van der Waals surface area contributed by atoms with Gasteiger partial charge in [-0.1, -0.05) is 18.2 Å². The summed E-state index contributed by atoms with van der Waals surface area (Å²) in [6.45, 7) is 0. The molecule has 1 rings (SSSR count). The van der Waals surface area contributed by atoms with Gasteiger partial charge in [-0.3, -0.25) is 4.55 Å². The highest BCUT2D eigenvalue weighted by Gasteiger charge is 2.26. The number of hydrogen-bond donors (Lipinski definition) is 3. The van der Waals surface area contributed by atoms with Gasteiger partial charge in [0.25, 0.3) is 11.3 Å². The first kappa shape index (κ1) is 16.7. The molecule has 3 N–H and O–H groups in total. The molecule has 0 saturated heterocycles. The van der Waals surface area contributed by atoms with Crippen molar-refractivity contribution in [2.24, 2.45) is 0 Å². The van der Waals surface area contributed by atoms with Gasteiger partial charge in [0, 0.05) is 6.26 Å². The van der Waals surface area contributed by atoms with E-state index in [4.69, 9.17) is 4.55 Å². The maximum atomic E-state index is 11.8. The van der Waals surface area contributed by atoms with E-state index in [0.717, 1.165) is 6.26 Å². The lowest BCUT2D eigenvalue weighted by atomic mass is 10.1. The number of sulfone groups is 1. The van der Waals surface area contributed by atoms with Gasteiger partial charge in [-0.15, -0.1) is 0 Å². The number of carbonyl (C=O) groups is 1. The highest BCUT2D eigenvalue weighted by atomic mass is 32.2. The second-order valence-electron chi connectivity index (χ2n) is 3.79. The number of benzene rings is 1. The molecule has 0 aliphatic carbocycles. The van der Waals surface area contributed by atoms with Crippen molar-refractivity contribution in [3.05, 3.63) is 29.8 Å². The molecule has 2 atom stereocenters. The summed E-state index contributed by atoms with van der Waals surface area (Å²) in [6, 6.07) is 4.81. The highest BCUT2D eigenvalue weighted by molar-refractivity contribution is 7.90. The van der Waals surface area contributed by atoms with Crippen LogP contribution in [0.2, 0.25) is 0 Å². The van der Waals surface area contributed by atoms with E-state index in [9.17, 15) is 17.4 Å². The summed E-state index contributed by atoms with van der Waals surface area (Å²) in [7, 11) is -2.10. The van der Waals surface area contributed by atoms with Crippen molar-refractivity contribution < 1.29 is 26.8 Å². The van der Waals surface area contributed by atoms with Gasteiger partial charge < -0.3 is 10.2 Å². The van der Waals surface area contributed by atoms with E-state index in [1.807, 2.05) is 0 Å². The third kappa shape index (κ3) is 4.35. The Bertz CT molecular complexity index is 616. The average molecular weight is 322 g/mol. The summed E-state index contributed by atoms with van der Waals surface area (Å²) < 4.78 is 42.2. The number of likely N-dealkylation sites (N-methyl/N-ethyl adjacent to an activating group) is 1. The Hall–Kier alpha value is -1.33. The maximum Gasteiger partial charge on any atom is 0.347 e. The summed E-state index contributed by atoms with van der Waals surface area (Å²) >= 11 is -2.52. The minimum absolute atomic E-state index is 0.0265. The summed E-state index contributed by atoms with van der Waals surface area (Å²) in [5.74, 6) is -0.939. The summed E-state index contributed by atoms with van der Waals surface area (Å²) in [6.07, 6.45) is 1.02. The Morgan fingerprint density at radius 3 is 2.50 bits per heavy atom. The Morgan fingerprint density at radius 1 is 1.40 bits per heavy atom. The van der Waals surface area contributed by atoms with E-state index in [1.54, 1.807) is 11.0 Å². The highest BCUT2D eigenvalue weighted by Crippen LogP contribution is 2.23. The van der Waals surface area contributed by atoms with Gasteiger partial charge in [0.05, 0.1) is 4.90 Å². The van der Waals surface area contributed by atoms with E-state index < -0.39 is 33.1 Å². The molecule has 112 valence electrons. The van der Waals surface area contributed by atoms with Gasteiger partial charge in [0.15, 0.2) is 9.84 Å². The predicted molar refractivity (Wildman–Crippen MR) is 71.4 cm³/mol. The van der Waals surface area contributed by atoms with Crippen molar-refractivity contribution in [1.82, 2.24) is 10.2 Å². The summed E-state index contributed by atoms with van der Waals surface area (Å²) in [5.41, 5.74) is 0.188. The first-order valence-electron chi connectivity index (χ1n) is 5.30. The molecule has 8 nitrogen and oxygen atoms in total. The van der Waals surface area contributed by atoms with E-state index in [1.165, 1.54) is 25.2 Å². The van der Waals surface area contributed by atoms with Crippen LogP contribution in [0.15, 0.2) is 29.2 Å². The lowest BCUT2D eigenvalue weighted by Crippen LogP contribution is -2.33. The summed E-state index contributed by atoms with van der Waals surface area (Å²) in [5, 5.41) is 2.59. The number of carbonyl (C=O) groups excluding carboxylic acids is 1. The Kier molecular flexibility index (Phi) is 5.77. The SMILES string of the molecule is CNC(C(=O)ONS(=O)O)c1ccccc1S(C)(=O)=O. The molecule has 0 aliphatic heterocycles. The van der Waals surface area contributed by atoms with E-state index in [0.29, 0.717) is 0 Å². The van der Waals surface area contributed by atoms with Gasteiger partial charge in [-0.2, -0.15) is 0 Å². The molecule has 1 aromatic rings. The van der Waals surface area contributed by atoms with Crippen molar-refractivity contribution in [2.45, 2.75) is 10.9 Å². The van der Waals surface area contributed by atoms with Crippen molar-refractivity contribution >= 4 is 27.1 Å². The third-order valence-electron chi connectivity index (χ3n) is 2.37. The Balaban J connectivity index is 3.13. The van der Waals surface area contributed by atoms with Crippen LogP contribution in [0, 0.1) is 0 Å². The number of rotatable bonds is 6. The molecular weight excluding hydrogens is 308 g/mol. The van der Waals surface area contributed by atoms with Crippen LogP contribution in [-0.2, 0) is 30.7 Å². The largest absolute Gasteiger partial charge is 0.354 e. The lowest BCUT2D eigenvalue weighted by molar-refractivity contribution is -0.149. The maximum absolute atomic E-state index is 11.8. The quantitative estimate of drug-likeness (QED) is 0.478. The monoisotopic (exact) mass is 322 g/mol. The molecule has 0 radical (unpaired) electrons. The van der Waals surface area contributed by atoms with Crippen molar-refractivity contribution in [3.8, 4) is 0 Å². The van der Waals surface area contributed by atoms with Gasteiger partial charge >= 0.3 is 5.97 Å². The van der Waals surface area contributed by atoms with Gasteiger partial charge in [0.1, 0.15) is 6.04 Å². The zero-order chi connectivity index (χ0) is 15.3. The van der Waals surface area contributed by atoms with E-state index in [2.05, 4.69) is 10.2 Å². The van der Waals surface area contributed by atoms with Crippen LogP contribution in [0.5, 0.6) is 0 Å². The molecule has 0 spiro atoms. The first-order chi connectivity index (χ1) is 9.27. The number of nitrogens with one attached hydrogen (secondary N) is 2. The normalized spacial score (nSPS) is 14.6. The van der Waals surface area contributed by atoms with Crippen LogP contribution in [0.4, 0.5) is 0 Å². The minimum atomic E-state index is -3.53. The molecule has 10 heteroatoms. The predicted octanol–water partition coefficient (Wildman–Crippen LogP) is -0.465. The van der Waals surface area contributed by atoms with Gasteiger partial charge in [0.2, 0.25) is 0 Å². The molecule has 2 unspecified atom stereocenters. The molecule has 20 heavy (non-hydrogen) atoms. The molecule has 0 fully saturated rings. The minimum Gasteiger partial charge on any atom is -0.354 e. The molecule has 0 amide bonds. The van der Waals surface area contributed by atoms with Crippen LogP contribution in [-0.4, -0.2) is 36.5 Å². The van der Waals surface area contributed by atoms with Crippen LogP contribution in [0.1, 0.15) is 11.6 Å². The molecule has 0 saturated carbocycles. The third-order valence-corrected chi connectivity index (χ3v) is 3.76. The fraction of sp³-hybridized carbons (Fsp3) is 0.300. The molecular formula is C10H14N2O6S2. The molecule has 0 bridgehead atoms. The second kappa shape index (κ2) is 6.90. The Morgan fingerprint density at radius 2 is 2.00 bits per heavy atom. The van der Waals surface area contributed by atoms with Crippen molar-refractivity contribution in [2.75, 3.05) is 13.3 Å².